The zero-order valence-electron chi connectivity index (χ0n) is 10.00. The average Bonchev–Trinajstić information content (AvgIpc) is 3.10. The van der Waals surface area contributed by atoms with Crippen LogP contribution in [0.4, 0.5) is 8.78 Å². The number of nitrogens with one attached hydrogen (secondary N) is 1. The lowest BCUT2D eigenvalue weighted by atomic mass is 9.88. The second-order valence-electron chi connectivity index (χ2n) is 5.11. The van der Waals surface area contributed by atoms with Crippen molar-refractivity contribution in [1.82, 2.24) is 5.32 Å². The maximum atomic E-state index is 13.0. The van der Waals surface area contributed by atoms with Crippen LogP contribution in [0.5, 0.6) is 0 Å². The van der Waals surface area contributed by atoms with Crippen LogP contribution in [-0.4, -0.2) is 11.7 Å². The topological polar surface area (TPSA) is 36.8 Å². The molecule has 1 fully saturated rings. The van der Waals surface area contributed by atoms with Crippen molar-refractivity contribution in [1.29, 1.82) is 0 Å². The van der Waals surface area contributed by atoms with Gasteiger partial charge in [-0.15, -0.1) is 0 Å². The van der Waals surface area contributed by atoms with E-state index in [4.69, 9.17) is 0 Å². The monoisotopic (exact) mass is 251 g/mol. The fourth-order valence-corrected chi connectivity index (χ4v) is 2.57. The van der Waals surface area contributed by atoms with Crippen LogP contribution in [0.1, 0.15) is 31.2 Å². The molecule has 0 bridgehead atoms. The van der Waals surface area contributed by atoms with Crippen molar-refractivity contribution in [3.8, 4) is 0 Å². The van der Waals surface area contributed by atoms with Crippen LogP contribution >= 0.6 is 0 Å². The molecule has 2 aliphatic rings. The van der Waals surface area contributed by atoms with Crippen molar-refractivity contribution in [2.24, 2.45) is 10.2 Å². The van der Waals surface area contributed by atoms with Gasteiger partial charge in [0.05, 0.1) is 0 Å². The summed E-state index contributed by atoms with van der Waals surface area (Å²) in [5.74, 6) is -1.59. The van der Waals surface area contributed by atoms with Crippen molar-refractivity contribution >= 4 is 0 Å². The van der Waals surface area contributed by atoms with Crippen molar-refractivity contribution in [2.75, 3.05) is 0 Å². The highest BCUT2D eigenvalue weighted by Crippen LogP contribution is 2.42. The minimum Gasteiger partial charge on any atom is -0.310 e. The van der Waals surface area contributed by atoms with E-state index in [0.29, 0.717) is 12.6 Å². The summed E-state index contributed by atoms with van der Waals surface area (Å²) in [5.41, 5.74) is 0.655. The standard InChI is InChI=1S/C13H15F2N3/c14-11-4-3-9(6-12(11)15)8-16-10-2-1-5-13(7-10)17-18-13/h3-4,6,10,16H,1-2,5,7-8H2. The van der Waals surface area contributed by atoms with E-state index in [1.807, 2.05) is 0 Å². The summed E-state index contributed by atoms with van der Waals surface area (Å²) in [6.07, 6.45) is 4.19. The summed E-state index contributed by atoms with van der Waals surface area (Å²) in [6, 6.07) is 4.38. The van der Waals surface area contributed by atoms with E-state index in [-0.39, 0.29) is 5.66 Å². The van der Waals surface area contributed by atoms with Crippen molar-refractivity contribution in [3.05, 3.63) is 35.4 Å². The molecular weight excluding hydrogens is 236 g/mol. The Bertz CT molecular complexity index is 481. The van der Waals surface area contributed by atoms with Gasteiger partial charge in [-0.3, -0.25) is 0 Å². The van der Waals surface area contributed by atoms with Gasteiger partial charge in [0.1, 0.15) is 0 Å². The van der Waals surface area contributed by atoms with Crippen LogP contribution in [0.2, 0.25) is 0 Å². The maximum absolute atomic E-state index is 13.0. The van der Waals surface area contributed by atoms with E-state index in [1.54, 1.807) is 6.07 Å². The molecule has 1 spiro atoms. The number of halogens is 2. The smallest absolute Gasteiger partial charge is 0.192 e. The molecule has 3 rings (SSSR count). The van der Waals surface area contributed by atoms with E-state index in [0.717, 1.165) is 31.2 Å². The molecule has 1 aromatic carbocycles. The SMILES string of the molecule is Fc1ccc(CNC2CCCC3(C2)N=N3)cc1F. The highest BCUT2D eigenvalue weighted by Gasteiger charge is 2.44. The maximum Gasteiger partial charge on any atom is 0.192 e. The molecule has 1 aromatic rings. The number of hydrogen-bond acceptors (Lipinski definition) is 3. The molecule has 1 heterocycles. The third-order valence-corrected chi connectivity index (χ3v) is 3.66. The van der Waals surface area contributed by atoms with Gasteiger partial charge in [-0.1, -0.05) is 6.07 Å². The zero-order chi connectivity index (χ0) is 12.6. The normalized spacial score (nSPS) is 24.4. The van der Waals surface area contributed by atoms with Crippen LogP contribution < -0.4 is 5.32 Å². The van der Waals surface area contributed by atoms with Crippen molar-refractivity contribution in [3.63, 3.8) is 0 Å². The van der Waals surface area contributed by atoms with Crippen molar-refractivity contribution < 1.29 is 8.78 Å². The minimum absolute atomic E-state index is 0.107. The minimum atomic E-state index is -0.800. The largest absolute Gasteiger partial charge is 0.310 e. The summed E-state index contributed by atoms with van der Waals surface area (Å²) >= 11 is 0. The summed E-state index contributed by atoms with van der Waals surface area (Å²) in [7, 11) is 0. The van der Waals surface area contributed by atoms with Gasteiger partial charge in [-0.2, -0.15) is 10.2 Å². The van der Waals surface area contributed by atoms with Gasteiger partial charge >= 0.3 is 0 Å². The van der Waals surface area contributed by atoms with Crippen LogP contribution in [-0.2, 0) is 6.54 Å². The predicted molar refractivity (Wildman–Crippen MR) is 63.0 cm³/mol. The molecule has 0 aromatic heterocycles. The lowest BCUT2D eigenvalue weighted by Crippen LogP contribution is -2.37. The van der Waals surface area contributed by atoms with E-state index in [2.05, 4.69) is 15.5 Å². The van der Waals surface area contributed by atoms with Crippen molar-refractivity contribution in [2.45, 2.75) is 43.9 Å². The highest BCUT2D eigenvalue weighted by atomic mass is 19.2. The molecule has 1 atom stereocenters. The number of hydrogen-bond donors (Lipinski definition) is 1. The molecule has 0 radical (unpaired) electrons. The van der Waals surface area contributed by atoms with Crippen LogP contribution in [0, 0.1) is 11.6 Å². The molecule has 1 saturated carbocycles. The quantitative estimate of drug-likeness (QED) is 0.880. The Morgan fingerprint density at radius 3 is 2.83 bits per heavy atom. The third kappa shape index (κ3) is 2.41. The lowest BCUT2D eigenvalue weighted by Gasteiger charge is -2.26. The van der Waals surface area contributed by atoms with E-state index >= 15 is 0 Å². The van der Waals surface area contributed by atoms with Gasteiger partial charge in [0, 0.05) is 19.0 Å². The van der Waals surface area contributed by atoms with Gasteiger partial charge in [-0.05, 0) is 37.0 Å². The number of nitrogens with zero attached hydrogens (tertiary/aromatic N) is 2. The van der Waals surface area contributed by atoms with Crippen LogP contribution in [0.15, 0.2) is 28.4 Å². The fourth-order valence-electron chi connectivity index (χ4n) is 2.57. The molecule has 96 valence electrons. The van der Waals surface area contributed by atoms with Gasteiger partial charge in [0.2, 0.25) is 0 Å². The molecule has 1 aliphatic heterocycles. The molecule has 5 heteroatoms. The van der Waals surface area contributed by atoms with Crippen LogP contribution in [0.25, 0.3) is 0 Å². The number of benzene rings is 1. The molecule has 1 N–H and O–H groups in total. The molecule has 18 heavy (non-hydrogen) atoms. The second kappa shape index (κ2) is 4.39. The Balaban J connectivity index is 1.55. The molecule has 1 aliphatic carbocycles. The summed E-state index contributed by atoms with van der Waals surface area (Å²) in [5, 5.41) is 11.6. The summed E-state index contributed by atoms with van der Waals surface area (Å²) in [4.78, 5) is 0. The molecule has 0 saturated heterocycles. The zero-order valence-corrected chi connectivity index (χ0v) is 10.00. The Morgan fingerprint density at radius 1 is 1.28 bits per heavy atom. The van der Waals surface area contributed by atoms with Gasteiger partial charge in [-0.25, -0.2) is 8.78 Å². The number of rotatable bonds is 3. The van der Waals surface area contributed by atoms with Crippen LogP contribution in [0.3, 0.4) is 0 Å². The summed E-state index contributed by atoms with van der Waals surface area (Å²) < 4.78 is 25.8. The third-order valence-electron chi connectivity index (χ3n) is 3.66. The predicted octanol–water partition coefficient (Wildman–Crippen LogP) is 3.16. The van der Waals surface area contributed by atoms with E-state index < -0.39 is 11.6 Å². The fraction of sp³-hybridized carbons (Fsp3) is 0.538. The first-order chi connectivity index (χ1) is 8.67. The van der Waals surface area contributed by atoms with E-state index in [9.17, 15) is 8.78 Å². The Kier molecular flexibility index (Phi) is 2.86. The second-order valence-corrected chi connectivity index (χ2v) is 5.11. The Labute approximate surface area is 104 Å². The van der Waals surface area contributed by atoms with E-state index in [1.165, 1.54) is 12.1 Å². The molecular formula is C13H15F2N3. The Hall–Kier alpha value is -1.36. The first-order valence-corrected chi connectivity index (χ1v) is 6.28. The first kappa shape index (κ1) is 11.7. The highest BCUT2D eigenvalue weighted by molar-refractivity contribution is 5.17. The van der Waals surface area contributed by atoms with Gasteiger partial charge in [0.25, 0.3) is 0 Å². The molecule has 1 unspecified atom stereocenters. The Morgan fingerprint density at radius 2 is 2.11 bits per heavy atom. The first-order valence-electron chi connectivity index (χ1n) is 6.28. The van der Waals surface area contributed by atoms with Gasteiger partial charge in [0.15, 0.2) is 17.3 Å². The summed E-state index contributed by atoms with van der Waals surface area (Å²) in [6.45, 7) is 0.554. The average molecular weight is 251 g/mol. The molecule has 0 amide bonds. The van der Waals surface area contributed by atoms with Gasteiger partial charge < -0.3 is 5.32 Å². The molecule has 3 nitrogen and oxygen atoms in total. The lowest BCUT2D eigenvalue weighted by molar-refractivity contribution is 0.308.